The van der Waals surface area contributed by atoms with E-state index in [9.17, 15) is 9.90 Å². The van der Waals surface area contributed by atoms with Gasteiger partial charge in [0.15, 0.2) is 0 Å². The normalized spacial score (nSPS) is 20.7. The number of hydrogen-bond donors (Lipinski definition) is 3. The van der Waals surface area contributed by atoms with Gasteiger partial charge >= 0.3 is 0 Å². The number of carbonyl (C=O) groups excluding carboxylic acids is 1. The lowest BCUT2D eigenvalue weighted by molar-refractivity contribution is -0.130. The third-order valence-electron chi connectivity index (χ3n) is 3.69. The lowest BCUT2D eigenvalue weighted by Gasteiger charge is -2.26. The first kappa shape index (κ1) is 15.4. The Morgan fingerprint density at radius 3 is 2.50 bits per heavy atom. The van der Waals surface area contributed by atoms with Gasteiger partial charge in [-0.05, 0) is 18.3 Å². The summed E-state index contributed by atoms with van der Waals surface area (Å²) in [4.78, 5) is 11.7. The molecule has 1 aliphatic rings. The molecule has 1 unspecified atom stereocenters. The lowest BCUT2D eigenvalue weighted by atomic mass is 9.84. The van der Waals surface area contributed by atoms with Crippen LogP contribution in [0.25, 0.3) is 0 Å². The summed E-state index contributed by atoms with van der Waals surface area (Å²) in [7, 11) is 0. The standard InChI is InChI=1S/C14H28N2O2/c1-10(2)9-16-14(18)13(17)12(15)8-11-6-4-3-5-7-11/h10-13,17H,3-9,15H2,1-2H3,(H,16,18)/t12-,13?/m0/s1. The number of hydrogen-bond acceptors (Lipinski definition) is 3. The van der Waals surface area contributed by atoms with Crippen LogP contribution in [0.4, 0.5) is 0 Å². The van der Waals surface area contributed by atoms with Gasteiger partial charge in [0.25, 0.3) is 0 Å². The number of aliphatic hydroxyl groups excluding tert-OH is 1. The van der Waals surface area contributed by atoms with Gasteiger partial charge in [0.1, 0.15) is 6.10 Å². The Balaban J connectivity index is 2.30. The van der Waals surface area contributed by atoms with Gasteiger partial charge in [0.05, 0.1) is 0 Å². The highest BCUT2D eigenvalue weighted by Gasteiger charge is 2.26. The van der Waals surface area contributed by atoms with Crippen LogP contribution in [0.2, 0.25) is 0 Å². The molecule has 1 saturated carbocycles. The highest BCUT2D eigenvalue weighted by Crippen LogP contribution is 2.27. The summed E-state index contributed by atoms with van der Waals surface area (Å²) < 4.78 is 0. The van der Waals surface area contributed by atoms with Gasteiger partial charge in [-0.3, -0.25) is 4.79 Å². The number of amides is 1. The summed E-state index contributed by atoms with van der Waals surface area (Å²) >= 11 is 0. The number of carbonyl (C=O) groups is 1. The first-order valence-electron chi connectivity index (χ1n) is 7.22. The Hall–Kier alpha value is -0.610. The zero-order valence-corrected chi connectivity index (χ0v) is 11.7. The predicted molar refractivity (Wildman–Crippen MR) is 73.0 cm³/mol. The molecule has 0 heterocycles. The minimum atomic E-state index is -1.06. The van der Waals surface area contributed by atoms with Crippen LogP contribution in [0.1, 0.15) is 52.4 Å². The second-order valence-corrected chi connectivity index (χ2v) is 5.99. The molecule has 0 bridgehead atoms. The summed E-state index contributed by atoms with van der Waals surface area (Å²) in [5, 5.41) is 12.6. The van der Waals surface area contributed by atoms with Gasteiger partial charge in [-0.25, -0.2) is 0 Å². The van der Waals surface area contributed by atoms with Gasteiger partial charge in [0.2, 0.25) is 5.91 Å². The van der Waals surface area contributed by atoms with E-state index < -0.39 is 12.1 Å². The van der Waals surface area contributed by atoms with Crippen LogP contribution < -0.4 is 11.1 Å². The van der Waals surface area contributed by atoms with Crippen molar-refractivity contribution < 1.29 is 9.90 Å². The van der Waals surface area contributed by atoms with Crippen LogP contribution in [-0.2, 0) is 4.79 Å². The lowest BCUT2D eigenvalue weighted by Crippen LogP contribution is -2.48. The Morgan fingerprint density at radius 1 is 1.33 bits per heavy atom. The first-order valence-corrected chi connectivity index (χ1v) is 7.22. The average Bonchev–Trinajstić information content (AvgIpc) is 2.36. The van der Waals surface area contributed by atoms with Crippen molar-refractivity contribution in [3.8, 4) is 0 Å². The van der Waals surface area contributed by atoms with Crippen LogP contribution in [-0.4, -0.2) is 29.7 Å². The number of nitrogens with one attached hydrogen (secondary N) is 1. The summed E-state index contributed by atoms with van der Waals surface area (Å²) in [5.74, 6) is 0.643. The van der Waals surface area contributed by atoms with Gasteiger partial charge < -0.3 is 16.2 Å². The van der Waals surface area contributed by atoms with Crippen LogP contribution in [0.5, 0.6) is 0 Å². The molecule has 106 valence electrons. The fraction of sp³-hybridized carbons (Fsp3) is 0.929. The maximum Gasteiger partial charge on any atom is 0.250 e. The zero-order chi connectivity index (χ0) is 13.5. The Labute approximate surface area is 110 Å². The third-order valence-corrected chi connectivity index (χ3v) is 3.69. The summed E-state index contributed by atoms with van der Waals surface area (Å²) in [6.45, 7) is 4.63. The molecule has 1 fully saturated rings. The van der Waals surface area contributed by atoms with E-state index in [1.165, 1.54) is 32.1 Å². The quantitative estimate of drug-likeness (QED) is 0.672. The van der Waals surface area contributed by atoms with Crippen molar-refractivity contribution in [1.82, 2.24) is 5.32 Å². The van der Waals surface area contributed by atoms with Crippen molar-refractivity contribution in [3.63, 3.8) is 0 Å². The predicted octanol–water partition coefficient (Wildman–Crippen LogP) is 1.42. The maximum atomic E-state index is 11.7. The van der Waals surface area contributed by atoms with Crippen LogP contribution in [0.15, 0.2) is 0 Å². The molecule has 0 aromatic carbocycles. The van der Waals surface area contributed by atoms with Crippen molar-refractivity contribution in [2.75, 3.05) is 6.54 Å². The molecular weight excluding hydrogens is 228 g/mol. The average molecular weight is 256 g/mol. The van der Waals surface area contributed by atoms with E-state index in [1.54, 1.807) is 0 Å². The molecule has 0 spiro atoms. The molecule has 18 heavy (non-hydrogen) atoms. The number of nitrogens with two attached hydrogens (primary N) is 1. The SMILES string of the molecule is CC(C)CNC(=O)C(O)[C@@H](N)CC1CCCCC1. The summed E-state index contributed by atoms with van der Waals surface area (Å²) in [5.41, 5.74) is 5.94. The molecule has 0 aromatic heterocycles. The minimum absolute atomic E-state index is 0.327. The molecule has 1 amide bonds. The molecular formula is C14H28N2O2. The second kappa shape index (κ2) is 7.74. The Kier molecular flexibility index (Phi) is 6.65. The molecule has 0 saturated heterocycles. The molecule has 1 aliphatic carbocycles. The molecule has 2 atom stereocenters. The molecule has 4 nitrogen and oxygen atoms in total. The van der Waals surface area contributed by atoms with Crippen molar-refractivity contribution >= 4 is 5.91 Å². The molecule has 0 radical (unpaired) electrons. The summed E-state index contributed by atoms with van der Waals surface area (Å²) in [6.07, 6.45) is 5.90. The molecule has 1 rings (SSSR count). The van der Waals surface area contributed by atoms with Crippen LogP contribution in [0.3, 0.4) is 0 Å². The van der Waals surface area contributed by atoms with Gasteiger partial charge in [0, 0.05) is 12.6 Å². The van der Waals surface area contributed by atoms with E-state index in [0.29, 0.717) is 18.4 Å². The van der Waals surface area contributed by atoms with Gasteiger partial charge in [-0.1, -0.05) is 46.0 Å². The fourth-order valence-corrected chi connectivity index (χ4v) is 2.54. The van der Waals surface area contributed by atoms with Crippen molar-refractivity contribution in [1.29, 1.82) is 0 Å². The zero-order valence-electron chi connectivity index (χ0n) is 11.7. The Bertz CT molecular complexity index is 250. The topological polar surface area (TPSA) is 75.3 Å². The van der Waals surface area contributed by atoms with E-state index in [2.05, 4.69) is 5.32 Å². The van der Waals surface area contributed by atoms with E-state index in [0.717, 1.165) is 6.42 Å². The van der Waals surface area contributed by atoms with Crippen LogP contribution in [0, 0.1) is 11.8 Å². The third kappa shape index (κ3) is 5.36. The fourth-order valence-electron chi connectivity index (χ4n) is 2.54. The van der Waals surface area contributed by atoms with E-state index in [4.69, 9.17) is 5.73 Å². The molecule has 0 aromatic rings. The smallest absolute Gasteiger partial charge is 0.250 e. The van der Waals surface area contributed by atoms with E-state index in [1.807, 2.05) is 13.8 Å². The monoisotopic (exact) mass is 256 g/mol. The molecule has 4 heteroatoms. The molecule has 0 aliphatic heterocycles. The number of rotatable bonds is 6. The highest BCUT2D eigenvalue weighted by molar-refractivity contribution is 5.81. The van der Waals surface area contributed by atoms with Crippen LogP contribution >= 0.6 is 0 Å². The largest absolute Gasteiger partial charge is 0.382 e. The first-order chi connectivity index (χ1) is 8.50. The maximum absolute atomic E-state index is 11.7. The van der Waals surface area contributed by atoms with Crippen molar-refractivity contribution in [3.05, 3.63) is 0 Å². The molecule has 4 N–H and O–H groups in total. The second-order valence-electron chi connectivity index (χ2n) is 5.99. The van der Waals surface area contributed by atoms with Gasteiger partial charge in [-0.2, -0.15) is 0 Å². The van der Waals surface area contributed by atoms with E-state index >= 15 is 0 Å². The highest BCUT2D eigenvalue weighted by atomic mass is 16.3. The van der Waals surface area contributed by atoms with Crippen molar-refractivity contribution in [2.24, 2.45) is 17.6 Å². The number of aliphatic hydroxyl groups is 1. The van der Waals surface area contributed by atoms with E-state index in [-0.39, 0.29) is 5.91 Å². The summed E-state index contributed by atoms with van der Waals surface area (Å²) in [6, 6.07) is -0.430. The Morgan fingerprint density at radius 2 is 1.94 bits per heavy atom. The minimum Gasteiger partial charge on any atom is -0.382 e. The van der Waals surface area contributed by atoms with Crippen molar-refractivity contribution in [2.45, 2.75) is 64.5 Å². The van der Waals surface area contributed by atoms with Gasteiger partial charge in [-0.15, -0.1) is 0 Å².